The Morgan fingerprint density at radius 2 is 1.21 bits per heavy atom. The van der Waals surface area contributed by atoms with E-state index in [0.29, 0.717) is 19.1 Å². The van der Waals surface area contributed by atoms with Gasteiger partial charge in [0.2, 0.25) is 0 Å². The van der Waals surface area contributed by atoms with Crippen molar-refractivity contribution in [2.45, 2.75) is 25.2 Å². The van der Waals surface area contributed by atoms with Crippen LogP contribution in [0.1, 0.15) is 30.3 Å². The molecule has 1 fully saturated rings. The lowest BCUT2D eigenvalue weighted by Gasteiger charge is -2.41. The topological polar surface area (TPSA) is 46.9 Å². The van der Waals surface area contributed by atoms with Crippen molar-refractivity contribution in [1.82, 2.24) is 9.80 Å². The highest BCUT2D eigenvalue weighted by atomic mass is 16.3. The Kier molecular flexibility index (Phi) is 6.43. The zero-order chi connectivity index (χ0) is 22.8. The Bertz CT molecular complexity index is 1240. The van der Waals surface area contributed by atoms with Gasteiger partial charge in [-0.1, -0.05) is 72.8 Å². The number of β-amino-alcohol motifs (C(OH)–C–C–N with tert-alkyl or cyclic N) is 2. The normalized spacial score (nSPS) is 19.7. The quantitative estimate of drug-likeness (QED) is 0.454. The number of hydrogen-bond donors (Lipinski definition) is 2. The van der Waals surface area contributed by atoms with Crippen LogP contribution in [0.5, 0.6) is 0 Å². The molecule has 0 spiro atoms. The lowest BCUT2D eigenvalue weighted by molar-refractivity contribution is 0.0200. The van der Waals surface area contributed by atoms with Gasteiger partial charge < -0.3 is 10.2 Å². The SMILES string of the molecule is CC1CN(CC(O)c2ccc3ccccc3c2)CCN1CC(O)c1ccc2ccccc2c1. The van der Waals surface area contributed by atoms with Gasteiger partial charge in [0.1, 0.15) is 0 Å². The van der Waals surface area contributed by atoms with E-state index >= 15 is 0 Å². The molecular formula is C29H32N2O2. The second-order valence-electron chi connectivity index (χ2n) is 9.35. The number of piperazine rings is 1. The van der Waals surface area contributed by atoms with E-state index in [1.165, 1.54) is 10.8 Å². The van der Waals surface area contributed by atoms with Crippen LogP contribution >= 0.6 is 0 Å². The summed E-state index contributed by atoms with van der Waals surface area (Å²) < 4.78 is 0. The van der Waals surface area contributed by atoms with Crippen LogP contribution in [-0.4, -0.2) is 58.8 Å². The molecule has 2 N–H and O–H groups in total. The average molecular weight is 441 g/mol. The third kappa shape index (κ3) is 4.94. The minimum atomic E-state index is -0.508. The minimum absolute atomic E-state index is 0.317. The molecule has 4 aromatic carbocycles. The van der Waals surface area contributed by atoms with Crippen LogP contribution in [0.4, 0.5) is 0 Å². The second kappa shape index (κ2) is 9.62. The van der Waals surface area contributed by atoms with Crippen molar-refractivity contribution in [3.05, 3.63) is 96.1 Å². The van der Waals surface area contributed by atoms with Gasteiger partial charge in [-0.25, -0.2) is 0 Å². The van der Waals surface area contributed by atoms with Crippen LogP contribution in [0.2, 0.25) is 0 Å². The fourth-order valence-corrected chi connectivity index (χ4v) is 5.02. The molecule has 1 aliphatic rings. The monoisotopic (exact) mass is 440 g/mol. The summed E-state index contributed by atoms with van der Waals surface area (Å²) in [5.74, 6) is 0. The highest BCUT2D eigenvalue weighted by molar-refractivity contribution is 5.83. The standard InChI is InChI=1S/C29H32N2O2/c1-21-18-30(19-28(32)26-12-10-22-6-2-4-8-24(22)16-26)14-15-31(21)20-29(33)27-13-11-23-7-3-5-9-25(23)17-27/h2-13,16-17,21,28-29,32-33H,14-15,18-20H2,1H3. The molecule has 1 saturated heterocycles. The van der Waals surface area contributed by atoms with Gasteiger partial charge in [0.25, 0.3) is 0 Å². The molecule has 4 nitrogen and oxygen atoms in total. The molecule has 4 aromatic rings. The third-order valence-electron chi connectivity index (χ3n) is 7.00. The lowest BCUT2D eigenvalue weighted by Crippen LogP contribution is -2.53. The molecule has 4 heteroatoms. The first-order valence-electron chi connectivity index (χ1n) is 11.9. The maximum Gasteiger partial charge on any atom is 0.0917 e. The number of rotatable bonds is 6. The maximum atomic E-state index is 10.9. The van der Waals surface area contributed by atoms with Gasteiger partial charge in [0.05, 0.1) is 12.2 Å². The Hall–Kier alpha value is -2.76. The number of benzene rings is 4. The van der Waals surface area contributed by atoms with E-state index in [1.807, 2.05) is 36.4 Å². The fraction of sp³-hybridized carbons (Fsp3) is 0.310. The number of hydrogen-bond acceptors (Lipinski definition) is 4. The summed E-state index contributed by atoms with van der Waals surface area (Å²) in [4.78, 5) is 4.70. The van der Waals surface area contributed by atoms with E-state index in [2.05, 4.69) is 65.3 Å². The molecule has 0 aromatic heterocycles. The molecule has 5 rings (SSSR count). The largest absolute Gasteiger partial charge is 0.387 e. The van der Waals surface area contributed by atoms with E-state index in [0.717, 1.165) is 41.5 Å². The molecule has 3 unspecified atom stereocenters. The molecule has 0 amide bonds. The van der Waals surface area contributed by atoms with Crippen molar-refractivity contribution in [1.29, 1.82) is 0 Å². The predicted octanol–water partition coefficient (Wildman–Crippen LogP) is 4.77. The van der Waals surface area contributed by atoms with Crippen LogP contribution in [0.3, 0.4) is 0 Å². The van der Waals surface area contributed by atoms with E-state index in [4.69, 9.17) is 0 Å². The summed E-state index contributed by atoms with van der Waals surface area (Å²) >= 11 is 0. The second-order valence-corrected chi connectivity index (χ2v) is 9.35. The predicted molar refractivity (Wildman–Crippen MR) is 135 cm³/mol. The Morgan fingerprint density at radius 1 is 0.697 bits per heavy atom. The first kappa shape index (κ1) is 22.1. The average Bonchev–Trinajstić information content (AvgIpc) is 2.85. The van der Waals surface area contributed by atoms with Crippen molar-refractivity contribution in [2.24, 2.45) is 0 Å². The van der Waals surface area contributed by atoms with Crippen LogP contribution in [0.15, 0.2) is 84.9 Å². The highest BCUT2D eigenvalue weighted by Gasteiger charge is 2.27. The van der Waals surface area contributed by atoms with Gasteiger partial charge in [0, 0.05) is 38.8 Å². The summed E-state index contributed by atoms with van der Waals surface area (Å²) in [5.41, 5.74) is 1.94. The number of aliphatic hydroxyl groups is 2. The van der Waals surface area contributed by atoms with Crippen molar-refractivity contribution in [2.75, 3.05) is 32.7 Å². The number of fused-ring (bicyclic) bond motifs is 2. The van der Waals surface area contributed by atoms with E-state index in [-0.39, 0.29) is 0 Å². The Balaban J connectivity index is 1.18. The lowest BCUT2D eigenvalue weighted by atomic mass is 10.0. The molecule has 0 bridgehead atoms. The molecule has 0 aliphatic carbocycles. The zero-order valence-corrected chi connectivity index (χ0v) is 19.1. The number of aliphatic hydroxyl groups excluding tert-OH is 2. The number of nitrogens with zero attached hydrogens (tertiary/aromatic N) is 2. The van der Waals surface area contributed by atoms with Crippen molar-refractivity contribution >= 4 is 21.5 Å². The summed E-state index contributed by atoms with van der Waals surface area (Å²) in [5, 5.41) is 26.5. The smallest absolute Gasteiger partial charge is 0.0917 e. The van der Waals surface area contributed by atoms with E-state index < -0.39 is 12.2 Å². The van der Waals surface area contributed by atoms with Crippen LogP contribution in [-0.2, 0) is 0 Å². The van der Waals surface area contributed by atoms with E-state index in [1.54, 1.807) is 0 Å². The van der Waals surface area contributed by atoms with Crippen LogP contribution in [0, 0.1) is 0 Å². The fourth-order valence-electron chi connectivity index (χ4n) is 5.02. The van der Waals surface area contributed by atoms with E-state index in [9.17, 15) is 10.2 Å². The molecule has 170 valence electrons. The van der Waals surface area contributed by atoms with Gasteiger partial charge in [0.15, 0.2) is 0 Å². The van der Waals surface area contributed by atoms with Crippen molar-refractivity contribution in [3.63, 3.8) is 0 Å². The summed E-state index contributed by atoms with van der Waals surface area (Å²) in [6.07, 6.45) is -1.01. The zero-order valence-electron chi connectivity index (χ0n) is 19.1. The molecule has 1 heterocycles. The summed E-state index contributed by atoms with van der Waals surface area (Å²) in [7, 11) is 0. The van der Waals surface area contributed by atoms with Gasteiger partial charge >= 0.3 is 0 Å². The van der Waals surface area contributed by atoms with Crippen molar-refractivity contribution < 1.29 is 10.2 Å². The van der Waals surface area contributed by atoms with Gasteiger partial charge in [-0.2, -0.15) is 0 Å². The molecule has 33 heavy (non-hydrogen) atoms. The Morgan fingerprint density at radius 3 is 1.76 bits per heavy atom. The molecular weight excluding hydrogens is 408 g/mol. The molecule has 0 saturated carbocycles. The van der Waals surface area contributed by atoms with Crippen LogP contribution < -0.4 is 0 Å². The summed E-state index contributed by atoms with van der Waals surface area (Å²) in [6.45, 7) is 6.12. The summed E-state index contributed by atoms with van der Waals surface area (Å²) in [6, 6.07) is 29.3. The molecule has 0 radical (unpaired) electrons. The molecule has 1 aliphatic heterocycles. The first-order valence-corrected chi connectivity index (χ1v) is 11.9. The molecule has 3 atom stereocenters. The first-order chi connectivity index (χ1) is 16.1. The third-order valence-corrected chi connectivity index (χ3v) is 7.00. The minimum Gasteiger partial charge on any atom is -0.387 e. The maximum absolute atomic E-state index is 10.9. The van der Waals surface area contributed by atoms with Gasteiger partial charge in [-0.05, 0) is 51.7 Å². The van der Waals surface area contributed by atoms with Gasteiger partial charge in [-0.15, -0.1) is 0 Å². The van der Waals surface area contributed by atoms with Gasteiger partial charge in [-0.3, -0.25) is 9.80 Å². The van der Waals surface area contributed by atoms with Crippen LogP contribution in [0.25, 0.3) is 21.5 Å². The highest BCUT2D eigenvalue weighted by Crippen LogP contribution is 2.25. The Labute approximate surface area is 195 Å². The van der Waals surface area contributed by atoms with Crippen molar-refractivity contribution in [3.8, 4) is 0 Å².